The summed E-state index contributed by atoms with van der Waals surface area (Å²) >= 11 is 26.0. The molecule has 2 unspecified atom stereocenters. The molecule has 2 aliphatic carbocycles. The van der Waals surface area contributed by atoms with E-state index >= 15 is 0 Å². The smallest absolute Gasteiger partial charge is 0.871 e. The summed E-state index contributed by atoms with van der Waals surface area (Å²) in [5.74, 6) is -1.82. The molecule has 4 aromatic rings. The molecule has 5 aliphatic rings. The minimum Gasteiger partial charge on any atom is -0.871 e. The summed E-state index contributed by atoms with van der Waals surface area (Å²) in [6, 6.07) is 14.9. The number of rotatable bonds is 3. The zero-order valence-corrected chi connectivity index (χ0v) is 51.3. The Labute approximate surface area is 495 Å². The van der Waals surface area contributed by atoms with Crippen LogP contribution < -0.4 is 74.1 Å². The van der Waals surface area contributed by atoms with Crippen LogP contribution in [0, 0.1) is 5.92 Å². The van der Waals surface area contributed by atoms with E-state index in [9.17, 15) is 34.8 Å². The molecule has 0 saturated carbocycles. The van der Waals surface area contributed by atoms with Crippen molar-refractivity contribution in [3.63, 3.8) is 0 Å². The van der Waals surface area contributed by atoms with Gasteiger partial charge in [-0.25, -0.2) is 4.79 Å². The number of phenolic OH excluding ortho intramolecular Hbond substituents is 2. The van der Waals surface area contributed by atoms with Crippen molar-refractivity contribution in [2.75, 3.05) is 0 Å². The number of benzene rings is 4. The molecule has 0 saturated heterocycles. The molecule has 63 heavy (non-hydrogen) atoms. The predicted molar refractivity (Wildman–Crippen MR) is 271 cm³/mol. The van der Waals surface area contributed by atoms with Crippen LogP contribution >= 0.6 is 166 Å². The molecule has 2 atom stereocenters. The monoisotopic (exact) mass is 1580 g/mol. The van der Waals surface area contributed by atoms with Crippen molar-refractivity contribution in [2.45, 2.75) is 11.7 Å². The molecule has 4 aromatic carbocycles. The van der Waals surface area contributed by atoms with Crippen LogP contribution in [0.4, 0.5) is 5.69 Å². The standard InChI is InChI=1S/C21H7Br4NO5S.C20H10I4O5.2Na/c22-12-4-10-18(14(24)16(12)27)30-19-11(5-13(23)17(28)15(19)25)21(10)9-2-1-7(26-6-32)3-8(9)20(29)31-21;21-11-5-9-13(7-3-1-2-4-8(7)20(27)28)10-6-12(22)17(26)15(24)19(10)29-18(9)14(23)16(11)25;;/h1-5,27-28H;1-6,9,18,25H,(H,27,28);;/q;;2*+1/p-2. The van der Waals surface area contributed by atoms with Crippen LogP contribution in [0.2, 0.25) is 0 Å². The molecule has 308 valence electrons. The van der Waals surface area contributed by atoms with E-state index in [-0.39, 0.29) is 114 Å². The average Bonchev–Trinajstić information content (AvgIpc) is 3.52. The van der Waals surface area contributed by atoms with E-state index in [1.54, 1.807) is 54.6 Å². The molecule has 0 fully saturated rings. The van der Waals surface area contributed by atoms with E-state index < -0.39 is 23.6 Å². The van der Waals surface area contributed by atoms with E-state index in [1.807, 2.05) is 96.4 Å². The van der Waals surface area contributed by atoms with Gasteiger partial charge >= 0.3 is 65.1 Å². The fourth-order valence-electron chi connectivity index (χ4n) is 7.44. The van der Waals surface area contributed by atoms with E-state index in [2.05, 4.69) is 86.1 Å². The third-order valence-electron chi connectivity index (χ3n) is 10.1. The average molecular weight is 1590 g/mol. The van der Waals surface area contributed by atoms with Crippen molar-refractivity contribution < 1.29 is 108 Å². The van der Waals surface area contributed by atoms with Gasteiger partial charge in [-0.1, -0.05) is 42.2 Å². The molecule has 0 radical (unpaired) electrons. The van der Waals surface area contributed by atoms with Crippen LogP contribution in [0.1, 0.15) is 43.0 Å². The molecule has 3 heterocycles. The Morgan fingerprint density at radius 1 is 0.857 bits per heavy atom. The van der Waals surface area contributed by atoms with Gasteiger partial charge in [-0.05, 0) is 208 Å². The first kappa shape index (κ1) is 52.2. The summed E-state index contributed by atoms with van der Waals surface area (Å²) in [6.45, 7) is 0. The number of phenols is 2. The number of aromatic carboxylic acids is 1. The number of aromatic hydroxyl groups is 2. The van der Waals surface area contributed by atoms with Gasteiger partial charge < -0.3 is 39.4 Å². The number of nitrogens with zero attached hydrogens (tertiary/aromatic N) is 1. The molecular formula is C41H15Br4I4NNa2O10S. The second kappa shape index (κ2) is 20.4. The van der Waals surface area contributed by atoms with Crippen LogP contribution in [-0.4, -0.2) is 39.2 Å². The maximum atomic E-state index is 13.1. The third kappa shape index (κ3) is 8.89. The summed E-state index contributed by atoms with van der Waals surface area (Å²) in [4.78, 5) is 41.4. The molecule has 0 bridgehead atoms. The largest absolute Gasteiger partial charge is 1.00 e. The van der Waals surface area contributed by atoms with Gasteiger partial charge in [0.25, 0.3) is 0 Å². The number of ketones is 1. The number of fused-ring (bicyclic) bond motifs is 8. The van der Waals surface area contributed by atoms with Gasteiger partial charge in [0.05, 0.1) is 46.0 Å². The summed E-state index contributed by atoms with van der Waals surface area (Å²) in [6.07, 6.45) is 2.92. The van der Waals surface area contributed by atoms with Crippen molar-refractivity contribution in [1.29, 1.82) is 0 Å². The number of carboxylic acid groups (broad SMARTS) is 1. The summed E-state index contributed by atoms with van der Waals surface area (Å²) < 4.78 is 21.6. The van der Waals surface area contributed by atoms with Crippen LogP contribution in [0.15, 0.2) is 121 Å². The molecule has 1 spiro atoms. The number of hydrogen-bond donors (Lipinski definition) is 2. The van der Waals surface area contributed by atoms with Crippen LogP contribution in [0.3, 0.4) is 0 Å². The molecule has 2 N–H and O–H groups in total. The Balaban J connectivity index is 0.000000204. The maximum Gasteiger partial charge on any atom is 1.00 e. The number of halogens is 8. The molecular weight excluding hydrogens is 1570 g/mol. The number of aliphatic imine (C=N–C) groups is 1. The Bertz CT molecular complexity index is 2930. The number of carbonyl (C=O) groups is 3. The molecule has 3 aliphatic heterocycles. The van der Waals surface area contributed by atoms with Gasteiger partial charge in [0, 0.05) is 29.8 Å². The summed E-state index contributed by atoms with van der Waals surface area (Å²) in [5.41, 5.74) is 2.76. The van der Waals surface area contributed by atoms with E-state index in [4.69, 9.17) is 14.2 Å². The summed E-state index contributed by atoms with van der Waals surface area (Å²) in [5, 5.41) is 47.6. The minimum absolute atomic E-state index is 0. The Morgan fingerprint density at radius 2 is 1.46 bits per heavy atom. The number of ether oxygens (including phenoxy) is 3. The van der Waals surface area contributed by atoms with Crippen LogP contribution in [0.5, 0.6) is 23.0 Å². The maximum absolute atomic E-state index is 13.1. The molecule has 22 heteroatoms. The number of carbonyl (C=O) groups excluding carboxylic acids is 3. The summed E-state index contributed by atoms with van der Waals surface area (Å²) in [7, 11) is 0. The van der Waals surface area contributed by atoms with Crippen molar-refractivity contribution in [1.82, 2.24) is 0 Å². The Hall–Kier alpha value is -0.170. The number of esters is 1. The van der Waals surface area contributed by atoms with E-state index in [0.717, 1.165) is 0 Å². The molecule has 11 nitrogen and oxygen atoms in total. The van der Waals surface area contributed by atoms with Gasteiger partial charge in [0.15, 0.2) is 17.1 Å². The first-order chi connectivity index (χ1) is 28.9. The third-order valence-corrected chi connectivity index (χ3v) is 16.6. The van der Waals surface area contributed by atoms with Gasteiger partial charge in [0.1, 0.15) is 35.9 Å². The fourth-order valence-corrected chi connectivity index (χ4v) is 13.8. The second-order valence-electron chi connectivity index (χ2n) is 13.3. The number of isothiocyanates is 1. The number of Topliss-reactive ketones (excluding diaryl/α,β-unsaturated/α-hetero) is 1. The molecule has 9 rings (SSSR count). The molecule has 0 amide bonds. The van der Waals surface area contributed by atoms with Gasteiger partial charge in [-0.15, -0.1) is 0 Å². The number of allylic oxidation sites excluding steroid dienone is 4. The second-order valence-corrected chi connectivity index (χ2v) is 21.3. The van der Waals surface area contributed by atoms with E-state index in [1.165, 1.54) is 6.07 Å². The van der Waals surface area contributed by atoms with E-state index in [0.29, 0.717) is 73.7 Å². The van der Waals surface area contributed by atoms with Crippen molar-refractivity contribution in [3.05, 3.63) is 149 Å². The van der Waals surface area contributed by atoms with Crippen LogP contribution in [-0.2, 0) is 19.9 Å². The SMILES string of the molecule is O=C1C(I)=CC2=C(c3ccccc3C(=O)[O-])C3C=C(I)C([O-])=C(I)C3OC2=C1I.O=C1OC2(c3ccc(N=C=S)cc31)c1cc(Br)c(O)c(Br)c1Oc1c2cc(Br)c(O)c1Br.[Na+].[Na+]. The van der Waals surface area contributed by atoms with Gasteiger partial charge in [-0.3, -0.25) is 4.79 Å². The van der Waals surface area contributed by atoms with Crippen LogP contribution in [0.25, 0.3) is 5.57 Å². The zero-order valence-electron chi connectivity index (χ0n) is 31.5. The van der Waals surface area contributed by atoms with Gasteiger partial charge in [-0.2, -0.15) is 4.99 Å². The Morgan fingerprint density at radius 3 is 2.05 bits per heavy atom. The zero-order chi connectivity index (χ0) is 44.0. The predicted octanol–water partition coefficient (Wildman–Crippen LogP) is 5.16. The van der Waals surface area contributed by atoms with Crippen molar-refractivity contribution in [3.8, 4) is 23.0 Å². The Kier molecular flexibility index (Phi) is 16.9. The first-order valence-corrected chi connectivity index (χ1v) is 24.9. The number of hydrogen-bond acceptors (Lipinski definition) is 12. The van der Waals surface area contributed by atoms with Crippen molar-refractivity contribution >= 4 is 200 Å². The normalized spacial score (nSPS) is 18.5. The first-order valence-electron chi connectivity index (χ1n) is 17.0. The topological polar surface area (TPSA) is 178 Å². The van der Waals surface area contributed by atoms with Gasteiger partial charge in [0.2, 0.25) is 5.78 Å². The quantitative estimate of drug-likeness (QED) is 0.0911. The number of thiocarbonyl (C=S) groups is 1. The van der Waals surface area contributed by atoms with Crippen molar-refractivity contribution in [2.24, 2.45) is 10.9 Å². The fraction of sp³-hybridized carbons (Fsp3) is 0.0732. The molecule has 0 aromatic heterocycles. The minimum atomic E-state index is -1.42. The number of carboxylic acids is 1.